The standard InChI is InChI=1S/C17H25N3O3/c1-13(22)19-16-4-2-14(3-5-16)10-18-17(23)11-20-8-6-15(12-21)7-9-20/h2-5,15,21H,6-12H2,1H3,(H,18,23)(H,19,22). The minimum absolute atomic E-state index is 0.0124. The maximum Gasteiger partial charge on any atom is 0.234 e. The lowest BCUT2D eigenvalue weighted by Crippen LogP contribution is -2.41. The van der Waals surface area contributed by atoms with Gasteiger partial charge in [0.05, 0.1) is 6.54 Å². The van der Waals surface area contributed by atoms with Gasteiger partial charge in [0, 0.05) is 25.8 Å². The van der Waals surface area contributed by atoms with Crippen LogP contribution in [0.4, 0.5) is 5.69 Å². The number of nitrogens with zero attached hydrogens (tertiary/aromatic N) is 1. The molecule has 6 heteroatoms. The minimum Gasteiger partial charge on any atom is -0.396 e. The highest BCUT2D eigenvalue weighted by atomic mass is 16.3. The molecule has 2 rings (SSSR count). The van der Waals surface area contributed by atoms with E-state index in [-0.39, 0.29) is 18.4 Å². The summed E-state index contributed by atoms with van der Waals surface area (Å²) in [5.41, 5.74) is 1.74. The van der Waals surface area contributed by atoms with E-state index in [0.717, 1.165) is 37.2 Å². The lowest BCUT2D eigenvalue weighted by molar-refractivity contribution is -0.122. The molecule has 0 spiro atoms. The van der Waals surface area contributed by atoms with Crippen LogP contribution in [0.25, 0.3) is 0 Å². The molecule has 1 aliphatic rings. The monoisotopic (exact) mass is 319 g/mol. The summed E-state index contributed by atoms with van der Waals surface area (Å²) in [7, 11) is 0. The third-order valence-corrected chi connectivity index (χ3v) is 4.10. The Morgan fingerprint density at radius 2 is 1.87 bits per heavy atom. The SMILES string of the molecule is CC(=O)Nc1ccc(CNC(=O)CN2CCC(CO)CC2)cc1. The van der Waals surface area contributed by atoms with E-state index in [1.54, 1.807) is 0 Å². The van der Waals surface area contributed by atoms with Crippen molar-refractivity contribution in [3.05, 3.63) is 29.8 Å². The smallest absolute Gasteiger partial charge is 0.234 e. The lowest BCUT2D eigenvalue weighted by atomic mass is 9.98. The van der Waals surface area contributed by atoms with Gasteiger partial charge in [0.1, 0.15) is 0 Å². The zero-order valence-electron chi connectivity index (χ0n) is 13.5. The number of benzene rings is 1. The third kappa shape index (κ3) is 6.00. The molecule has 0 bridgehead atoms. The molecule has 3 N–H and O–H groups in total. The Morgan fingerprint density at radius 1 is 1.22 bits per heavy atom. The fraction of sp³-hybridized carbons (Fsp3) is 0.529. The van der Waals surface area contributed by atoms with Crippen LogP contribution in [0.2, 0.25) is 0 Å². The molecule has 0 radical (unpaired) electrons. The quantitative estimate of drug-likeness (QED) is 0.730. The van der Waals surface area contributed by atoms with Gasteiger partial charge in [0.25, 0.3) is 0 Å². The fourth-order valence-corrected chi connectivity index (χ4v) is 2.70. The Hall–Kier alpha value is -1.92. The number of hydrogen-bond donors (Lipinski definition) is 3. The van der Waals surface area contributed by atoms with E-state index >= 15 is 0 Å². The summed E-state index contributed by atoms with van der Waals surface area (Å²) in [4.78, 5) is 25.1. The predicted octanol–water partition coefficient (Wildman–Crippen LogP) is 0.965. The first kappa shape index (κ1) is 17.4. The van der Waals surface area contributed by atoms with Gasteiger partial charge in [-0.05, 0) is 49.5 Å². The zero-order valence-corrected chi connectivity index (χ0v) is 13.5. The topological polar surface area (TPSA) is 81.7 Å². The minimum atomic E-state index is -0.101. The number of carbonyl (C=O) groups is 2. The molecule has 126 valence electrons. The van der Waals surface area contributed by atoms with Crippen LogP contribution in [0.5, 0.6) is 0 Å². The van der Waals surface area contributed by atoms with E-state index in [4.69, 9.17) is 5.11 Å². The second kappa shape index (κ2) is 8.64. The molecule has 0 atom stereocenters. The first-order valence-corrected chi connectivity index (χ1v) is 8.03. The molecule has 0 saturated carbocycles. The van der Waals surface area contributed by atoms with Crippen molar-refractivity contribution in [1.82, 2.24) is 10.2 Å². The first-order valence-electron chi connectivity index (χ1n) is 8.03. The fourth-order valence-electron chi connectivity index (χ4n) is 2.70. The van der Waals surface area contributed by atoms with E-state index in [2.05, 4.69) is 15.5 Å². The van der Waals surface area contributed by atoms with Crippen LogP contribution >= 0.6 is 0 Å². The normalized spacial score (nSPS) is 16.1. The maximum absolute atomic E-state index is 12.0. The molecular formula is C17H25N3O3. The molecule has 1 saturated heterocycles. The van der Waals surface area contributed by atoms with Crippen LogP contribution in [0.1, 0.15) is 25.3 Å². The number of hydrogen-bond acceptors (Lipinski definition) is 4. The van der Waals surface area contributed by atoms with Gasteiger partial charge in [-0.15, -0.1) is 0 Å². The Kier molecular flexibility index (Phi) is 6.55. The molecule has 6 nitrogen and oxygen atoms in total. The van der Waals surface area contributed by atoms with Gasteiger partial charge < -0.3 is 15.7 Å². The van der Waals surface area contributed by atoms with Crippen LogP contribution in [-0.2, 0) is 16.1 Å². The van der Waals surface area contributed by atoms with Gasteiger partial charge in [-0.1, -0.05) is 12.1 Å². The van der Waals surface area contributed by atoms with Crippen molar-refractivity contribution in [2.75, 3.05) is 31.6 Å². The van der Waals surface area contributed by atoms with Crippen molar-refractivity contribution in [3.8, 4) is 0 Å². The lowest BCUT2D eigenvalue weighted by Gasteiger charge is -2.30. The van der Waals surface area contributed by atoms with Crippen LogP contribution < -0.4 is 10.6 Å². The highest BCUT2D eigenvalue weighted by molar-refractivity contribution is 5.88. The van der Waals surface area contributed by atoms with E-state index in [9.17, 15) is 9.59 Å². The summed E-state index contributed by atoms with van der Waals surface area (Å²) in [6.45, 7) is 4.33. The summed E-state index contributed by atoms with van der Waals surface area (Å²) in [5.74, 6) is 0.297. The molecule has 0 aromatic heterocycles. The van der Waals surface area contributed by atoms with E-state index in [1.807, 2.05) is 24.3 Å². The van der Waals surface area contributed by atoms with Gasteiger partial charge in [0.15, 0.2) is 0 Å². The van der Waals surface area contributed by atoms with Crippen molar-refractivity contribution >= 4 is 17.5 Å². The van der Waals surface area contributed by atoms with Crippen molar-refractivity contribution < 1.29 is 14.7 Å². The summed E-state index contributed by atoms with van der Waals surface area (Å²) < 4.78 is 0. The molecule has 1 aromatic rings. The third-order valence-electron chi connectivity index (χ3n) is 4.10. The molecule has 0 aliphatic carbocycles. The Morgan fingerprint density at radius 3 is 2.43 bits per heavy atom. The van der Waals surface area contributed by atoms with E-state index in [0.29, 0.717) is 19.0 Å². The maximum atomic E-state index is 12.0. The summed E-state index contributed by atoms with van der Waals surface area (Å²) in [6.07, 6.45) is 1.91. The van der Waals surface area contributed by atoms with Crippen molar-refractivity contribution in [2.45, 2.75) is 26.3 Å². The molecule has 0 unspecified atom stereocenters. The van der Waals surface area contributed by atoms with Crippen LogP contribution in [0.15, 0.2) is 24.3 Å². The molecular weight excluding hydrogens is 294 g/mol. The Labute approximate surface area is 136 Å². The van der Waals surface area contributed by atoms with Crippen molar-refractivity contribution in [1.29, 1.82) is 0 Å². The molecule has 1 heterocycles. The van der Waals surface area contributed by atoms with Crippen LogP contribution in [0.3, 0.4) is 0 Å². The first-order chi connectivity index (χ1) is 11.1. The highest BCUT2D eigenvalue weighted by Gasteiger charge is 2.19. The Bertz CT molecular complexity index is 522. The van der Waals surface area contributed by atoms with Crippen LogP contribution in [-0.4, -0.2) is 48.1 Å². The zero-order chi connectivity index (χ0) is 16.7. The number of anilines is 1. The number of amides is 2. The molecule has 2 amide bonds. The number of carbonyl (C=O) groups excluding carboxylic acids is 2. The molecule has 1 fully saturated rings. The largest absolute Gasteiger partial charge is 0.396 e. The number of likely N-dealkylation sites (tertiary alicyclic amines) is 1. The van der Waals surface area contributed by atoms with Gasteiger partial charge >= 0.3 is 0 Å². The number of aliphatic hydroxyl groups is 1. The number of nitrogens with one attached hydrogen (secondary N) is 2. The summed E-state index contributed by atoms with van der Waals surface area (Å²) in [6, 6.07) is 7.42. The van der Waals surface area contributed by atoms with Gasteiger partial charge in [-0.25, -0.2) is 0 Å². The molecule has 1 aromatic carbocycles. The second-order valence-corrected chi connectivity index (χ2v) is 6.06. The number of piperidine rings is 1. The predicted molar refractivity (Wildman–Crippen MR) is 88.8 cm³/mol. The van der Waals surface area contributed by atoms with Gasteiger partial charge in [-0.2, -0.15) is 0 Å². The number of aliphatic hydroxyl groups excluding tert-OH is 1. The van der Waals surface area contributed by atoms with E-state index < -0.39 is 0 Å². The van der Waals surface area contributed by atoms with Gasteiger partial charge in [-0.3, -0.25) is 14.5 Å². The summed E-state index contributed by atoms with van der Waals surface area (Å²) >= 11 is 0. The highest BCUT2D eigenvalue weighted by Crippen LogP contribution is 2.15. The van der Waals surface area contributed by atoms with Crippen molar-refractivity contribution in [3.63, 3.8) is 0 Å². The second-order valence-electron chi connectivity index (χ2n) is 6.06. The average Bonchev–Trinajstić information content (AvgIpc) is 2.54. The Balaban J connectivity index is 1.71. The van der Waals surface area contributed by atoms with E-state index in [1.165, 1.54) is 6.92 Å². The molecule has 23 heavy (non-hydrogen) atoms. The van der Waals surface area contributed by atoms with Crippen LogP contribution in [0, 0.1) is 5.92 Å². The van der Waals surface area contributed by atoms with Gasteiger partial charge in [0.2, 0.25) is 11.8 Å². The number of rotatable bonds is 6. The van der Waals surface area contributed by atoms with Crippen molar-refractivity contribution in [2.24, 2.45) is 5.92 Å². The summed E-state index contributed by atoms with van der Waals surface area (Å²) in [5, 5.41) is 14.7. The molecule has 1 aliphatic heterocycles. The average molecular weight is 319 g/mol.